The highest BCUT2D eigenvalue weighted by atomic mass is 35.5. The van der Waals surface area contributed by atoms with Crippen LogP contribution in [0, 0.1) is 0 Å². The van der Waals surface area contributed by atoms with Crippen LogP contribution in [-0.2, 0) is 22.6 Å². The average molecular weight is 595 g/mol. The molecule has 0 spiro atoms. The molecule has 0 aromatic heterocycles. The van der Waals surface area contributed by atoms with Gasteiger partial charge in [-0.2, -0.15) is 0 Å². The van der Waals surface area contributed by atoms with Crippen molar-refractivity contribution in [2.45, 2.75) is 57.3 Å². The molecule has 1 aliphatic heterocycles. The highest BCUT2D eigenvalue weighted by Gasteiger charge is 2.32. The van der Waals surface area contributed by atoms with Gasteiger partial charge in [0, 0.05) is 29.8 Å². The van der Waals surface area contributed by atoms with Crippen LogP contribution in [0.3, 0.4) is 0 Å². The summed E-state index contributed by atoms with van der Waals surface area (Å²) < 4.78 is 0. The largest absolute Gasteiger partial charge is 0.394 e. The Morgan fingerprint density at radius 3 is 2.40 bits per heavy atom. The first-order valence-electron chi connectivity index (χ1n) is 13.8. The number of amides is 3. The van der Waals surface area contributed by atoms with Crippen molar-refractivity contribution in [2.24, 2.45) is 5.73 Å². The summed E-state index contributed by atoms with van der Waals surface area (Å²) in [5.41, 5.74) is 9.69. The van der Waals surface area contributed by atoms with Gasteiger partial charge in [-0.25, -0.2) is 0 Å². The number of benzene rings is 3. The van der Waals surface area contributed by atoms with Gasteiger partial charge in [-0.15, -0.1) is 12.4 Å². The average Bonchev–Trinajstić information content (AvgIpc) is 3.08. The number of β-amino-alcohol motifs (C(OH)–C–C–N with tert-alkyl or cyclic N) is 1. The van der Waals surface area contributed by atoms with Crippen LogP contribution in [0.2, 0.25) is 0 Å². The molecule has 0 saturated carbocycles. The Bertz CT molecular complexity index is 1400. The molecule has 0 unspecified atom stereocenters. The van der Waals surface area contributed by atoms with Gasteiger partial charge in [-0.1, -0.05) is 60.7 Å². The summed E-state index contributed by atoms with van der Waals surface area (Å²) in [6.07, 6.45) is 0.282. The highest BCUT2D eigenvalue weighted by molar-refractivity contribution is 6.01. The lowest BCUT2D eigenvalue weighted by Gasteiger charge is -2.29. The third-order valence-corrected chi connectivity index (χ3v) is 7.31. The van der Waals surface area contributed by atoms with Crippen molar-refractivity contribution in [1.29, 1.82) is 0 Å². The molecule has 224 valence electrons. The number of primary amides is 1. The second kappa shape index (κ2) is 14.4. The first-order valence-corrected chi connectivity index (χ1v) is 13.8. The quantitative estimate of drug-likeness (QED) is 0.231. The fourth-order valence-electron chi connectivity index (χ4n) is 5.10. The van der Waals surface area contributed by atoms with E-state index in [1.807, 2.05) is 74.5 Å². The van der Waals surface area contributed by atoms with E-state index in [0.717, 1.165) is 27.9 Å². The van der Waals surface area contributed by atoms with Crippen molar-refractivity contribution in [3.05, 3.63) is 89.5 Å². The van der Waals surface area contributed by atoms with E-state index < -0.39 is 23.6 Å². The van der Waals surface area contributed by atoms with E-state index in [-0.39, 0.29) is 43.8 Å². The molecule has 0 fully saturated rings. The van der Waals surface area contributed by atoms with Crippen LogP contribution in [0.25, 0.3) is 11.1 Å². The number of para-hydroxylation sites is 1. The number of anilines is 1. The molecule has 0 aliphatic carbocycles. The van der Waals surface area contributed by atoms with E-state index in [4.69, 9.17) is 10.8 Å². The number of aliphatic hydroxyl groups excluding tert-OH is 2. The van der Waals surface area contributed by atoms with E-state index >= 15 is 0 Å². The topological polar surface area (TPSA) is 145 Å². The Morgan fingerprint density at radius 1 is 1.05 bits per heavy atom. The zero-order valence-electron chi connectivity index (χ0n) is 23.9. The van der Waals surface area contributed by atoms with Crippen LogP contribution >= 0.6 is 12.4 Å². The molecule has 0 bridgehead atoms. The lowest BCUT2D eigenvalue weighted by Crippen LogP contribution is -2.51. The Balaban J connectivity index is 0.00000484. The Kier molecular flexibility index (Phi) is 11.2. The van der Waals surface area contributed by atoms with Crippen LogP contribution in [0.4, 0.5) is 5.69 Å². The van der Waals surface area contributed by atoms with Gasteiger partial charge in [0.1, 0.15) is 6.04 Å². The molecule has 42 heavy (non-hydrogen) atoms. The molecule has 10 heteroatoms. The van der Waals surface area contributed by atoms with Gasteiger partial charge in [0.05, 0.1) is 19.3 Å². The number of carbonyl (C=O) groups excluding carboxylic acids is 3. The molecule has 6 N–H and O–H groups in total. The van der Waals surface area contributed by atoms with Crippen molar-refractivity contribution >= 4 is 35.8 Å². The second-order valence-electron chi connectivity index (χ2n) is 11.1. The number of halogens is 1. The molecule has 3 aromatic rings. The third-order valence-electron chi connectivity index (χ3n) is 7.31. The standard InChI is InChI=1S/C32H38N4O5.ClH/c1-32(2,34-18-24(38)20-37)17-29(39)35-27-16-15-23-7-3-6-10-28(23)36(31(27)41)19-21-11-13-22(14-12-21)25-8-4-5-9-26(25)30(33)40;/h3-14,24,27,34,37-38H,15-20H2,1-2H3,(H2,33,40)(H,35,39);1H/t24-,27+;/m0./s1. The highest BCUT2D eigenvalue weighted by Crippen LogP contribution is 2.30. The maximum absolute atomic E-state index is 13.9. The summed E-state index contributed by atoms with van der Waals surface area (Å²) in [6, 6.07) is 21.9. The second-order valence-corrected chi connectivity index (χ2v) is 11.1. The van der Waals surface area contributed by atoms with Crippen molar-refractivity contribution in [2.75, 3.05) is 18.1 Å². The third kappa shape index (κ3) is 8.17. The molecule has 3 aromatic carbocycles. The summed E-state index contributed by atoms with van der Waals surface area (Å²) in [5.74, 6) is -0.956. The fraction of sp³-hybridized carbons (Fsp3) is 0.344. The molecule has 1 heterocycles. The zero-order valence-corrected chi connectivity index (χ0v) is 24.7. The van der Waals surface area contributed by atoms with Gasteiger partial charge < -0.3 is 31.5 Å². The first kappa shape index (κ1) is 32.8. The number of nitrogens with one attached hydrogen (secondary N) is 2. The van der Waals surface area contributed by atoms with E-state index in [1.165, 1.54) is 0 Å². The van der Waals surface area contributed by atoms with Crippen molar-refractivity contribution in [1.82, 2.24) is 10.6 Å². The van der Waals surface area contributed by atoms with Crippen molar-refractivity contribution in [3.8, 4) is 11.1 Å². The molecule has 0 radical (unpaired) electrons. The van der Waals surface area contributed by atoms with Gasteiger partial charge >= 0.3 is 0 Å². The molecule has 4 rings (SSSR count). The minimum Gasteiger partial charge on any atom is -0.394 e. The van der Waals surface area contributed by atoms with Gasteiger partial charge in [-0.05, 0) is 61.1 Å². The summed E-state index contributed by atoms with van der Waals surface area (Å²) >= 11 is 0. The smallest absolute Gasteiger partial charge is 0.249 e. The van der Waals surface area contributed by atoms with Crippen molar-refractivity contribution in [3.63, 3.8) is 0 Å². The Hall–Kier alpha value is -3.76. The van der Waals surface area contributed by atoms with Gasteiger partial charge in [0.25, 0.3) is 0 Å². The minimum absolute atomic E-state index is 0. The van der Waals surface area contributed by atoms with Gasteiger partial charge in [-0.3, -0.25) is 14.4 Å². The van der Waals surface area contributed by atoms with Crippen LogP contribution in [0.5, 0.6) is 0 Å². The number of fused-ring (bicyclic) bond motifs is 1. The number of hydrogen-bond acceptors (Lipinski definition) is 6. The summed E-state index contributed by atoms with van der Waals surface area (Å²) in [5, 5.41) is 24.7. The fourth-order valence-corrected chi connectivity index (χ4v) is 5.10. The van der Waals surface area contributed by atoms with Crippen LogP contribution in [-0.4, -0.2) is 58.8 Å². The van der Waals surface area contributed by atoms with E-state index in [2.05, 4.69) is 10.6 Å². The maximum Gasteiger partial charge on any atom is 0.249 e. The van der Waals surface area contributed by atoms with E-state index in [0.29, 0.717) is 24.9 Å². The summed E-state index contributed by atoms with van der Waals surface area (Å²) in [7, 11) is 0. The SMILES string of the molecule is CC(C)(CC(=O)N[C@@H]1CCc2ccccc2N(Cc2ccc(-c3ccccc3C(N)=O)cc2)C1=O)NC[C@H](O)CO.Cl. The van der Waals surface area contributed by atoms with Crippen LogP contribution in [0.15, 0.2) is 72.8 Å². The maximum atomic E-state index is 13.9. The minimum atomic E-state index is -0.917. The molecule has 0 saturated heterocycles. The van der Waals surface area contributed by atoms with Crippen molar-refractivity contribution < 1.29 is 24.6 Å². The molecular formula is C32H39ClN4O5. The molecule has 2 atom stereocenters. The normalized spacial score (nSPS) is 15.7. The predicted molar refractivity (Wildman–Crippen MR) is 165 cm³/mol. The lowest BCUT2D eigenvalue weighted by molar-refractivity contribution is -0.128. The van der Waals surface area contributed by atoms with E-state index in [1.54, 1.807) is 17.0 Å². The zero-order chi connectivity index (χ0) is 29.6. The van der Waals surface area contributed by atoms with Gasteiger partial charge in [0.15, 0.2) is 0 Å². The molecule has 1 aliphatic rings. The molecular weight excluding hydrogens is 556 g/mol. The number of rotatable bonds is 11. The number of aryl methyl sites for hydroxylation is 1. The molecule has 3 amide bonds. The first-order chi connectivity index (χ1) is 19.6. The predicted octanol–water partition coefficient (Wildman–Crippen LogP) is 2.95. The monoisotopic (exact) mass is 594 g/mol. The molecule has 9 nitrogen and oxygen atoms in total. The van der Waals surface area contributed by atoms with Crippen LogP contribution in [0.1, 0.15) is 48.2 Å². The van der Waals surface area contributed by atoms with Crippen LogP contribution < -0.4 is 21.3 Å². The Morgan fingerprint density at radius 2 is 1.71 bits per heavy atom. The Labute approximate surface area is 252 Å². The number of aliphatic hydroxyl groups is 2. The summed E-state index contributed by atoms with van der Waals surface area (Å²) in [6.45, 7) is 3.76. The number of nitrogens with zero attached hydrogens (tertiary/aromatic N) is 1. The number of carbonyl (C=O) groups is 3. The number of hydrogen-bond donors (Lipinski definition) is 5. The summed E-state index contributed by atoms with van der Waals surface area (Å²) in [4.78, 5) is 40.5. The number of nitrogens with two attached hydrogens (primary N) is 1. The van der Waals surface area contributed by atoms with Gasteiger partial charge in [0.2, 0.25) is 17.7 Å². The lowest BCUT2D eigenvalue weighted by atomic mass is 9.98. The van der Waals surface area contributed by atoms with E-state index in [9.17, 15) is 19.5 Å².